The quantitative estimate of drug-likeness (QED) is 0.104. The molecule has 2 N–H and O–H groups in total. The molecule has 7 rings (SSSR count). The highest BCUT2D eigenvalue weighted by Gasteiger charge is 2.30. The smallest absolute Gasteiger partial charge is 0.415 e. The average Bonchev–Trinajstić information content (AvgIpc) is 3.24. The Bertz CT molecular complexity index is 2370. The number of hydrogen-bond donors (Lipinski definition) is 2. The fourth-order valence-electron chi connectivity index (χ4n) is 6.12. The Balaban J connectivity index is 0.000000526. The molecule has 0 saturated carbocycles. The van der Waals surface area contributed by atoms with Gasteiger partial charge in [-0.3, -0.25) is 24.0 Å². The third-order valence-corrected chi connectivity index (χ3v) is 9.56. The Morgan fingerprint density at radius 2 is 1.47 bits per heavy atom. The van der Waals surface area contributed by atoms with E-state index in [-0.39, 0.29) is 11.9 Å². The molecule has 14 heteroatoms. The minimum atomic E-state index is -3.11. The zero-order valence-corrected chi connectivity index (χ0v) is 34.1. The van der Waals surface area contributed by atoms with E-state index in [0.717, 1.165) is 66.4 Å². The number of pyridine rings is 1. The summed E-state index contributed by atoms with van der Waals surface area (Å²) in [6.45, 7) is 8.85. The van der Waals surface area contributed by atoms with Crippen LogP contribution < -0.4 is 10.6 Å². The minimum Gasteiger partial charge on any atom is -0.415 e. The van der Waals surface area contributed by atoms with Gasteiger partial charge in [-0.15, -0.1) is 12.6 Å². The summed E-state index contributed by atoms with van der Waals surface area (Å²) in [4.78, 5) is 41.1. The lowest BCUT2D eigenvalue weighted by Crippen LogP contribution is -2.58. The number of aromatic nitrogens is 3. The van der Waals surface area contributed by atoms with Crippen molar-refractivity contribution < 1.29 is 31.4 Å². The molecular formula is C45H48N7O6S+. The lowest BCUT2D eigenvalue weighted by atomic mass is 10.1. The number of nitrogens with one attached hydrogen (secondary N) is 2. The molecular weight excluding hydrogens is 767 g/mol. The Morgan fingerprint density at radius 1 is 0.797 bits per heavy atom. The normalized spacial score (nSPS) is 13.0. The minimum absolute atomic E-state index is 0.181. The number of ether oxygens (including phenoxy) is 1. The van der Waals surface area contributed by atoms with Crippen molar-refractivity contribution in [3.8, 4) is 11.3 Å². The van der Waals surface area contributed by atoms with Gasteiger partial charge in [0.05, 0.1) is 32.3 Å². The van der Waals surface area contributed by atoms with Crippen molar-refractivity contribution in [2.45, 2.75) is 26.8 Å². The summed E-state index contributed by atoms with van der Waals surface area (Å²) < 4.78 is 31.7. The van der Waals surface area contributed by atoms with E-state index in [9.17, 15) is 9.59 Å². The monoisotopic (exact) mass is 814 g/mol. The van der Waals surface area contributed by atoms with E-state index in [1.807, 2.05) is 116 Å². The van der Waals surface area contributed by atoms with Crippen molar-refractivity contribution in [2.24, 2.45) is 0 Å². The number of nitrogens with zero attached hydrogens (tertiary/aromatic N) is 5. The van der Waals surface area contributed by atoms with Gasteiger partial charge >= 0.3 is 16.6 Å². The highest BCUT2D eigenvalue weighted by atomic mass is 32.2. The zero-order chi connectivity index (χ0) is 42.0. The fraction of sp³-hybridized carbons (Fsp3) is 0.222. The molecule has 1 aliphatic heterocycles. The standard InChI is InChI=1S/C38H39N7O3.C7H8.O3S/c1-28-10-15-33(24-35(28)43-38-40-18-16-34(42-38)32-9-6-17-39-25-32)41-37(47)31-13-11-30(12-14-31)26-44-19-21-45(2,22-20-44)27-48-36(46)23-29-7-4-3-5-8-29;1-7-5-3-2-4-6-7;1-4(2)3/h3-18,24-25H,19-23,26-27H2,1-2H3,(H-,40,41,42,43,47);2-6H,1H3;/p+1. The molecule has 304 valence electrons. The number of quaternary nitrogens is 1. The first-order valence-corrected chi connectivity index (χ1v) is 20.0. The van der Waals surface area contributed by atoms with Crippen LogP contribution in [0.25, 0.3) is 11.3 Å². The van der Waals surface area contributed by atoms with E-state index < -0.39 is 10.6 Å². The lowest BCUT2D eigenvalue weighted by molar-refractivity contribution is -0.929. The molecule has 1 aliphatic rings. The number of rotatable bonds is 11. The molecule has 4 aromatic carbocycles. The van der Waals surface area contributed by atoms with E-state index in [1.54, 1.807) is 18.6 Å². The predicted octanol–water partition coefficient (Wildman–Crippen LogP) is 6.84. The van der Waals surface area contributed by atoms with Gasteiger partial charge in [-0.05, 0) is 73.0 Å². The SMILES string of the molecule is Cc1ccc(NC(=O)c2ccc(CN3CC[N+](C)(COC(=O)Cc4ccccc4)CC3)cc2)cc1Nc1nccc(-c2cccnc2)n1.Cc1ccccc1.O=S(=O)=O. The van der Waals surface area contributed by atoms with Crippen molar-refractivity contribution in [1.82, 2.24) is 19.9 Å². The molecule has 1 fully saturated rings. The van der Waals surface area contributed by atoms with Crippen LogP contribution in [0.1, 0.15) is 32.6 Å². The molecule has 6 aromatic rings. The van der Waals surface area contributed by atoms with E-state index in [0.29, 0.717) is 34.8 Å². The summed E-state index contributed by atoms with van der Waals surface area (Å²) in [6, 6.07) is 39.1. The Morgan fingerprint density at radius 3 is 2.10 bits per heavy atom. The van der Waals surface area contributed by atoms with E-state index in [1.165, 1.54) is 5.56 Å². The third-order valence-electron chi connectivity index (χ3n) is 9.56. The molecule has 0 unspecified atom stereocenters. The van der Waals surface area contributed by atoms with E-state index >= 15 is 0 Å². The van der Waals surface area contributed by atoms with Crippen LogP contribution in [0.4, 0.5) is 17.3 Å². The van der Waals surface area contributed by atoms with E-state index in [2.05, 4.69) is 56.6 Å². The Labute approximate surface area is 346 Å². The summed E-state index contributed by atoms with van der Waals surface area (Å²) >= 11 is 0. The molecule has 0 bridgehead atoms. The van der Waals surface area contributed by atoms with Crippen LogP contribution in [0.3, 0.4) is 0 Å². The topological polar surface area (TPSA) is 161 Å². The number of aryl methyl sites for hydroxylation is 2. The number of piperazine rings is 1. The van der Waals surface area contributed by atoms with Crippen molar-refractivity contribution in [2.75, 3.05) is 50.6 Å². The first kappa shape index (κ1) is 43.5. The molecule has 13 nitrogen and oxygen atoms in total. The molecule has 3 heterocycles. The second-order valence-electron chi connectivity index (χ2n) is 14.3. The van der Waals surface area contributed by atoms with Crippen molar-refractivity contribution in [3.05, 3.63) is 168 Å². The first-order chi connectivity index (χ1) is 28.4. The summed E-state index contributed by atoms with van der Waals surface area (Å²) in [5.41, 5.74) is 8.14. The van der Waals surface area contributed by atoms with Crippen LogP contribution in [-0.2, 0) is 33.1 Å². The number of esters is 1. The van der Waals surface area contributed by atoms with Crippen LogP contribution in [-0.4, -0.2) is 88.8 Å². The molecule has 0 atom stereocenters. The highest BCUT2D eigenvalue weighted by molar-refractivity contribution is 7.59. The van der Waals surface area contributed by atoms with Gasteiger partial charge in [-0.2, -0.15) is 0 Å². The lowest BCUT2D eigenvalue weighted by Gasteiger charge is -2.41. The number of hydrogen-bond acceptors (Lipinski definition) is 11. The second kappa shape index (κ2) is 21.8. The van der Waals surface area contributed by atoms with Crippen LogP contribution in [0.5, 0.6) is 0 Å². The van der Waals surface area contributed by atoms with Crippen LogP contribution in [0.15, 0.2) is 140 Å². The van der Waals surface area contributed by atoms with Crippen molar-refractivity contribution in [3.63, 3.8) is 0 Å². The van der Waals surface area contributed by atoms with E-state index in [4.69, 9.17) is 17.4 Å². The van der Waals surface area contributed by atoms with Gasteiger partial charge in [-0.25, -0.2) is 9.97 Å². The number of anilines is 3. The largest absolute Gasteiger partial charge is 0.425 e. The number of benzene rings is 4. The van der Waals surface area contributed by atoms with Crippen LogP contribution in [0.2, 0.25) is 0 Å². The number of likely N-dealkylation sites (N-methyl/N-ethyl adjacent to an activating group) is 1. The van der Waals surface area contributed by atoms with Crippen molar-refractivity contribution in [1.29, 1.82) is 0 Å². The highest BCUT2D eigenvalue weighted by Crippen LogP contribution is 2.25. The average molecular weight is 815 g/mol. The summed E-state index contributed by atoms with van der Waals surface area (Å²) in [6.07, 6.45) is 5.49. The summed E-state index contributed by atoms with van der Waals surface area (Å²) in [5.74, 6) is 0.0845. The van der Waals surface area contributed by atoms with Gasteiger partial charge in [-0.1, -0.05) is 84.4 Å². The summed E-state index contributed by atoms with van der Waals surface area (Å²) in [5, 5.41) is 6.30. The maximum absolute atomic E-state index is 13.1. The molecule has 1 saturated heterocycles. The predicted molar refractivity (Wildman–Crippen MR) is 227 cm³/mol. The van der Waals surface area contributed by atoms with Crippen LogP contribution >= 0.6 is 0 Å². The van der Waals surface area contributed by atoms with Gasteiger partial charge in [0.2, 0.25) is 12.7 Å². The zero-order valence-electron chi connectivity index (χ0n) is 33.3. The number of amides is 1. The number of carbonyl (C=O) groups excluding carboxylic acids is 2. The number of carbonyl (C=O) groups is 2. The maximum Gasteiger partial charge on any atom is 0.425 e. The molecule has 0 aliphatic carbocycles. The first-order valence-electron chi connectivity index (χ1n) is 19.0. The van der Waals surface area contributed by atoms with Crippen LogP contribution in [0, 0.1) is 13.8 Å². The van der Waals surface area contributed by atoms with Crippen molar-refractivity contribution >= 4 is 39.8 Å². The van der Waals surface area contributed by atoms with Gasteiger partial charge in [0.1, 0.15) is 0 Å². The molecule has 59 heavy (non-hydrogen) atoms. The second-order valence-corrected chi connectivity index (χ2v) is 14.7. The maximum atomic E-state index is 13.1. The van der Waals surface area contributed by atoms with Gasteiger partial charge < -0.3 is 15.4 Å². The summed E-state index contributed by atoms with van der Waals surface area (Å²) in [7, 11) is -0.969. The van der Waals surface area contributed by atoms with Gasteiger partial charge in [0, 0.05) is 60.7 Å². The molecule has 0 spiro atoms. The molecule has 1 amide bonds. The van der Waals surface area contributed by atoms with Gasteiger partial charge in [0.25, 0.3) is 5.91 Å². The third kappa shape index (κ3) is 14.7. The van der Waals surface area contributed by atoms with Gasteiger partial charge in [0.15, 0.2) is 0 Å². The molecule has 2 aromatic heterocycles. The Kier molecular flexibility index (Phi) is 16.1. The Hall–Kier alpha value is -6.61. The fourth-order valence-corrected chi connectivity index (χ4v) is 6.12. The molecule has 0 radical (unpaired) electrons.